The minimum atomic E-state index is -0.253. The first kappa shape index (κ1) is 19.0. The van der Waals surface area contributed by atoms with Gasteiger partial charge in [-0.05, 0) is 18.4 Å². The molecule has 0 bridgehead atoms. The van der Waals surface area contributed by atoms with Crippen LogP contribution in [0.2, 0.25) is 0 Å². The molecule has 3 aromatic rings. The highest BCUT2D eigenvalue weighted by atomic mass is 16.1. The van der Waals surface area contributed by atoms with Gasteiger partial charge < -0.3 is 10.2 Å². The summed E-state index contributed by atoms with van der Waals surface area (Å²) in [5.74, 6) is 2.00. The number of anilines is 1. The van der Waals surface area contributed by atoms with Crippen molar-refractivity contribution in [1.29, 1.82) is 0 Å². The highest BCUT2D eigenvalue weighted by molar-refractivity contribution is 5.92. The van der Waals surface area contributed by atoms with Gasteiger partial charge in [0, 0.05) is 50.6 Å². The molecule has 4 rings (SSSR count). The molecule has 1 aliphatic rings. The van der Waals surface area contributed by atoms with Crippen LogP contribution in [0.15, 0.2) is 55.0 Å². The Morgan fingerprint density at radius 2 is 1.97 bits per heavy atom. The van der Waals surface area contributed by atoms with Crippen LogP contribution >= 0.6 is 0 Å². The molecule has 1 saturated carbocycles. The topological polar surface area (TPSA) is 83.9 Å². The van der Waals surface area contributed by atoms with Crippen LogP contribution in [0.4, 0.5) is 5.82 Å². The number of nitrogens with one attached hydrogen (secondary N) is 1. The number of carbonyl (C=O) groups excluding carboxylic acids is 1. The van der Waals surface area contributed by atoms with Crippen molar-refractivity contribution >= 4 is 11.7 Å². The number of hydrogen-bond donors (Lipinski definition) is 1. The summed E-state index contributed by atoms with van der Waals surface area (Å²) in [5, 5.41) is 3.10. The van der Waals surface area contributed by atoms with Gasteiger partial charge in [0.05, 0.1) is 12.2 Å². The zero-order valence-electron chi connectivity index (χ0n) is 16.6. The van der Waals surface area contributed by atoms with Crippen LogP contribution in [-0.4, -0.2) is 39.9 Å². The Morgan fingerprint density at radius 3 is 2.62 bits per heavy atom. The molecule has 1 amide bonds. The lowest BCUT2D eigenvalue weighted by Crippen LogP contribution is -2.31. The van der Waals surface area contributed by atoms with E-state index in [0.717, 1.165) is 35.7 Å². The van der Waals surface area contributed by atoms with Crippen LogP contribution < -0.4 is 10.2 Å². The van der Waals surface area contributed by atoms with E-state index in [2.05, 4.69) is 15.3 Å². The number of nitrogens with zero attached hydrogens (tertiary/aromatic N) is 5. The first-order valence-corrected chi connectivity index (χ1v) is 9.77. The molecule has 0 aliphatic heterocycles. The van der Waals surface area contributed by atoms with Gasteiger partial charge in [0.15, 0.2) is 0 Å². The summed E-state index contributed by atoms with van der Waals surface area (Å²) in [7, 11) is 3.96. The third kappa shape index (κ3) is 4.74. The monoisotopic (exact) mass is 388 g/mol. The molecule has 1 unspecified atom stereocenters. The van der Waals surface area contributed by atoms with Gasteiger partial charge >= 0.3 is 0 Å². The summed E-state index contributed by atoms with van der Waals surface area (Å²) in [6.07, 6.45) is 7.39. The summed E-state index contributed by atoms with van der Waals surface area (Å²) >= 11 is 0. The van der Waals surface area contributed by atoms with Crippen molar-refractivity contribution in [3.63, 3.8) is 0 Å². The van der Waals surface area contributed by atoms with E-state index >= 15 is 0 Å². The van der Waals surface area contributed by atoms with Gasteiger partial charge in [-0.1, -0.05) is 30.3 Å². The molecule has 1 aliphatic carbocycles. The van der Waals surface area contributed by atoms with Crippen molar-refractivity contribution in [3.05, 3.63) is 77.8 Å². The molecule has 0 saturated heterocycles. The molecule has 1 aromatic carbocycles. The number of hydrogen-bond acceptors (Lipinski definition) is 6. The van der Waals surface area contributed by atoms with Crippen molar-refractivity contribution in [2.24, 2.45) is 0 Å². The van der Waals surface area contributed by atoms with Crippen molar-refractivity contribution in [2.45, 2.75) is 31.2 Å². The zero-order valence-corrected chi connectivity index (χ0v) is 16.6. The van der Waals surface area contributed by atoms with E-state index in [4.69, 9.17) is 9.97 Å². The second-order valence-corrected chi connectivity index (χ2v) is 7.48. The van der Waals surface area contributed by atoms with Gasteiger partial charge in [0.2, 0.25) is 0 Å². The Hall–Kier alpha value is -3.35. The number of benzene rings is 1. The van der Waals surface area contributed by atoms with E-state index in [1.54, 1.807) is 6.20 Å². The molecule has 1 fully saturated rings. The van der Waals surface area contributed by atoms with E-state index in [9.17, 15) is 4.79 Å². The molecule has 0 radical (unpaired) electrons. The fraction of sp³-hybridized carbons (Fsp3) is 0.318. The molecule has 2 heterocycles. The van der Waals surface area contributed by atoms with Gasteiger partial charge in [-0.2, -0.15) is 0 Å². The summed E-state index contributed by atoms with van der Waals surface area (Å²) < 4.78 is 0. The predicted molar refractivity (Wildman–Crippen MR) is 111 cm³/mol. The molecule has 0 spiro atoms. The lowest BCUT2D eigenvalue weighted by atomic mass is 10.0. The average Bonchev–Trinajstić information content (AvgIpc) is 3.60. The van der Waals surface area contributed by atoms with Crippen molar-refractivity contribution in [3.8, 4) is 0 Å². The summed E-state index contributed by atoms with van der Waals surface area (Å²) in [6.45, 7) is 0. The second-order valence-electron chi connectivity index (χ2n) is 7.48. The molecular formula is C22H24N6O. The lowest BCUT2D eigenvalue weighted by molar-refractivity contribution is 0.0931. The van der Waals surface area contributed by atoms with Gasteiger partial charge in [-0.15, -0.1) is 0 Å². The van der Waals surface area contributed by atoms with Crippen LogP contribution in [0.1, 0.15) is 52.4 Å². The quantitative estimate of drug-likeness (QED) is 0.670. The summed E-state index contributed by atoms with van der Waals surface area (Å²) in [5.41, 5.74) is 2.23. The van der Waals surface area contributed by atoms with Gasteiger partial charge in [0.1, 0.15) is 17.3 Å². The maximum absolute atomic E-state index is 12.7. The smallest absolute Gasteiger partial charge is 0.271 e. The molecule has 1 N–H and O–H groups in total. The van der Waals surface area contributed by atoms with Crippen molar-refractivity contribution in [2.75, 3.05) is 19.0 Å². The summed E-state index contributed by atoms with van der Waals surface area (Å²) in [6, 6.07) is 11.7. The van der Waals surface area contributed by atoms with Crippen LogP contribution in [0.25, 0.3) is 0 Å². The third-order valence-electron chi connectivity index (χ3n) is 4.90. The SMILES string of the molecule is CN(C)c1cc(CC(NC(=O)c2cnccn2)c2ccccc2)nc(C2CC2)n1. The molecule has 148 valence electrons. The van der Waals surface area contributed by atoms with E-state index in [1.165, 1.54) is 12.4 Å². The molecule has 1 atom stereocenters. The number of rotatable bonds is 7. The second kappa shape index (κ2) is 8.34. The Bertz CT molecular complexity index is 953. The van der Waals surface area contributed by atoms with Gasteiger partial charge in [-0.25, -0.2) is 15.0 Å². The molecule has 29 heavy (non-hydrogen) atoms. The maximum atomic E-state index is 12.7. The fourth-order valence-electron chi connectivity index (χ4n) is 3.16. The van der Waals surface area contributed by atoms with Crippen molar-refractivity contribution < 1.29 is 4.79 Å². The third-order valence-corrected chi connectivity index (χ3v) is 4.90. The van der Waals surface area contributed by atoms with Crippen molar-refractivity contribution in [1.82, 2.24) is 25.3 Å². The highest BCUT2D eigenvalue weighted by Crippen LogP contribution is 2.38. The molecule has 7 heteroatoms. The standard InChI is InChI=1S/C22H24N6O/c1-28(2)20-13-17(25-21(27-20)16-8-9-16)12-18(15-6-4-3-5-7-15)26-22(29)19-14-23-10-11-24-19/h3-7,10-11,13-14,16,18H,8-9,12H2,1-2H3,(H,26,29). The Labute approximate surface area is 170 Å². The van der Waals surface area contributed by atoms with E-state index in [0.29, 0.717) is 18.0 Å². The highest BCUT2D eigenvalue weighted by Gasteiger charge is 2.28. The number of aromatic nitrogens is 4. The minimum absolute atomic E-state index is 0.234. The molecular weight excluding hydrogens is 364 g/mol. The predicted octanol–water partition coefficient (Wildman–Crippen LogP) is 2.92. The maximum Gasteiger partial charge on any atom is 0.271 e. The largest absolute Gasteiger partial charge is 0.363 e. The average molecular weight is 388 g/mol. The Kier molecular flexibility index (Phi) is 5.46. The number of amides is 1. The van der Waals surface area contributed by atoms with Gasteiger partial charge in [-0.3, -0.25) is 9.78 Å². The lowest BCUT2D eigenvalue weighted by Gasteiger charge is -2.20. The van der Waals surface area contributed by atoms with E-state index in [-0.39, 0.29) is 11.9 Å². The minimum Gasteiger partial charge on any atom is -0.363 e. The first-order valence-electron chi connectivity index (χ1n) is 9.77. The first-order chi connectivity index (χ1) is 14.1. The van der Waals surface area contributed by atoms with Crippen LogP contribution in [0, 0.1) is 0 Å². The number of carbonyl (C=O) groups is 1. The van der Waals surface area contributed by atoms with Crippen LogP contribution in [0.3, 0.4) is 0 Å². The fourth-order valence-corrected chi connectivity index (χ4v) is 3.16. The Morgan fingerprint density at radius 1 is 1.17 bits per heavy atom. The summed E-state index contributed by atoms with van der Waals surface area (Å²) in [4.78, 5) is 32.3. The Balaban J connectivity index is 1.63. The van der Waals surface area contributed by atoms with Crippen LogP contribution in [0.5, 0.6) is 0 Å². The zero-order chi connectivity index (χ0) is 20.2. The van der Waals surface area contributed by atoms with E-state index < -0.39 is 0 Å². The normalized spacial score (nSPS) is 14.3. The molecule has 7 nitrogen and oxygen atoms in total. The van der Waals surface area contributed by atoms with Crippen LogP contribution in [-0.2, 0) is 6.42 Å². The molecule has 2 aromatic heterocycles. The van der Waals surface area contributed by atoms with E-state index in [1.807, 2.05) is 55.4 Å². The van der Waals surface area contributed by atoms with Gasteiger partial charge in [0.25, 0.3) is 5.91 Å².